The highest BCUT2D eigenvalue weighted by molar-refractivity contribution is 5.67. The molecule has 2 N–H and O–H groups in total. The summed E-state index contributed by atoms with van der Waals surface area (Å²) in [4.78, 5) is 12.5. The summed E-state index contributed by atoms with van der Waals surface area (Å²) in [5, 5.41) is 18.8. The van der Waals surface area contributed by atoms with Gasteiger partial charge in [-0.2, -0.15) is 26.3 Å². The number of carboxylic acid groups (broad SMARTS) is 1. The Kier molecular flexibility index (Phi) is 8.32. The Morgan fingerprint density at radius 2 is 1.83 bits per heavy atom. The molecule has 0 amide bonds. The molecule has 1 heterocycles. The Balaban J connectivity index is 1.66. The van der Waals surface area contributed by atoms with Crippen molar-refractivity contribution >= 4 is 5.97 Å². The van der Waals surface area contributed by atoms with Crippen LogP contribution in [0.5, 0.6) is 5.75 Å². The summed E-state index contributed by atoms with van der Waals surface area (Å²) in [5.74, 6) is -0.821. The van der Waals surface area contributed by atoms with E-state index < -0.39 is 47.5 Å². The highest BCUT2D eigenvalue weighted by Crippen LogP contribution is 2.37. The average molecular weight is 505 g/mol. The molecule has 2 atom stereocenters. The molecule has 0 spiro atoms. The van der Waals surface area contributed by atoms with Crippen LogP contribution in [-0.2, 0) is 23.7 Å². The fourth-order valence-electron chi connectivity index (χ4n) is 4.16. The van der Waals surface area contributed by atoms with Crippen LogP contribution in [0.25, 0.3) is 0 Å². The lowest BCUT2D eigenvalue weighted by molar-refractivity contribution is -0.142. The second kappa shape index (κ2) is 10.9. The molecule has 2 aromatic rings. The second-order valence-electron chi connectivity index (χ2n) is 8.61. The molecule has 5 nitrogen and oxygen atoms in total. The number of likely N-dealkylation sites (tertiary alicyclic amines) is 1. The third kappa shape index (κ3) is 7.60. The van der Waals surface area contributed by atoms with Crippen LogP contribution in [0.2, 0.25) is 0 Å². The van der Waals surface area contributed by atoms with E-state index in [1.54, 1.807) is 23.1 Å². The fourth-order valence-corrected chi connectivity index (χ4v) is 4.16. The van der Waals surface area contributed by atoms with Crippen molar-refractivity contribution < 1.29 is 46.1 Å². The van der Waals surface area contributed by atoms with Crippen LogP contribution in [0, 0.1) is 5.92 Å². The molecule has 0 bridgehead atoms. The van der Waals surface area contributed by atoms with Gasteiger partial charge in [-0.05, 0) is 60.8 Å². The lowest BCUT2D eigenvalue weighted by atomic mass is 9.97. The third-order valence-electron chi connectivity index (χ3n) is 5.83. The number of aliphatic carboxylic acids is 1. The molecule has 1 unspecified atom stereocenters. The average Bonchev–Trinajstić information content (AvgIpc) is 2.76. The Bertz CT molecular complexity index is 1020. The Labute approximate surface area is 197 Å². The quantitative estimate of drug-likeness (QED) is 0.463. The number of rotatable bonds is 8. The van der Waals surface area contributed by atoms with Gasteiger partial charge in [0.2, 0.25) is 0 Å². The third-order valence-corrected chi connectivity index (χ3v) is 5.83. The minimum absolute atomic E-state index is 0.0727. The van der Waals surface area contributed by atoms with Gasteiger partial charge in [0.15, 0.2) is 0 Å². The zero-order valence-electron chi connectivity index (χ0n) is 18.6. The van der Waals surface area contributed by atoms with E-state index >= 15 is 0 Å². The lowest BCUT2D eigenvalue weighted by Gasteiger charge is -2.33. The number of alkyl halides is 6. The van der Waals surface area contributed by atoms with Gasteiger partial charge in [-0.1, -0.05) is 12.1 Å². The zero-order valence-corrected chi connectivity index (χ0v) is 18.6. The van der Waals surface area contributed by atoms with Crippen molar-refractivity contribution in [2.75, 3.05) is 19.7 Å². The highest BCUT2D eigenvalue weighted by atomic mass is 19.4. The molecule has 11 heteroatoms. The van der Waals surface area contributed by atoms with E-state index in [2.05, 4.69) is 0 Å². The zero-order chi connectivity index (χ0) is 25.8. The van der Waals surface area contributed by atoms with Crippen molar-refractivity contribution in [3.8, 4) is 5.75 Å². The summed E-state index contributed by atoms with van der Waals surface area (Å²) >= 11 is 0. The maximum Gasteiger partial charge on any atom is 0.416 e. The summed E-state index contributed by atoms with van der Waals surface area (Å²) in [7, 11) is 0. The van der Waals surface area contributed by atoms with Gasteiger partial charge in [0.1, 0.15) is 5.75 Å². The number of aliphatic hydroxyl groups is 1. The van der Waals surface area contributed by atoms with E-state index in [1.807, 2.05) is 0 Å². The van der Waals surface area contributed by atoms with Gasteiger partial charge in [-0.3, -0.25) is 9.69 Å². The van der Waals surface area contributed by atoms with Crippen LogP contribution in [0.3, 0.4) is 0 Å². The standard InChI is InChI=1S/C24H25F6NO4/c25-23(26,27)18-6-7-20(24(28,29)30)17(9-18)13-31-8-2-3-15(12-31)14-35-19-5-1-4-16(10-19)21(32)11-22(33)34/h1,4-7,9-10,15,21,32H,2-3,8,11-14H2,(H,33,34)/t15?,21-/m1/s1. The topological polar surface area (TPSA) is 70.0 Å². The number of aliphatic hydroxyl groups excluding tert-OH is 1. The minimum atomic E-state index is -4.77. The first-order chi connectivity index (χ1) is 16.3. The van der Waals surface area contributed by atoms with Crippen LogP contribution in [0.4, 0.5) is 26.3 Å². The number of halogens is 6. The van der Waals surface area contributed by atoms with Gasteiger partial charge in [-0.25, -0.2) is 0 Å². The molecule has 3 rings (SSSR count). The second-order valence-corrected chi connectivity index (χ2v) is 8.61. The van der Waals surface area contributed by atoms with Crippen LogP contribution in [0.1, 0.15) is 47.6 Å². The predicted octanol–water partition coefficient (Wildman–Crippen LogP) is 5.52. The number of carbonyl (C=O) groups is 1. The predicted molar refractivity (Wildman–Crippen MR) is 114 cm³/mol. The smallest absolute Gasteiger partial charge is 0.416 e. The normalized spacial score (nSPS) is 18.3. The molecule has 2 aromatic carbocycles. The van der Waals surface area contributed by atoms with Crippen LogP contribution in [0.15, 0.2) is 42.5 Å². The number of carboxylic acids is 1. The van der Waals surface area contributed by atoms with Gasteiger partial charge >= 0.3 is 18.3 Å². The molecule has 0 aliphatic carbocycles. The van der Waals surface area contributed by atoms with Gasteiger partial charge in [0.05, 0.1) is 30.3 Å². The van der Waals surface area contributed by atoms with E-state index in [-0.39, 0.29) is 19.1 Å². The minimum Gasteiger partial charge on any atom is -0.493 e. The summed E-state index contributed by atoms with van der Waals surface area (Å²) in [6, 6.07) is 7.82. The lowest BCUT2D eigenvalue weighted by Crippen LogP contribution is -2.37. The molecule has 1 saturated heterocycles. The molecule has 1 aliphatic heterocycles. The fraction of sp³-hybridized carbons (Fsp3) is 0.458. The maximum atomic E-state index is 13.4. The number of piperidine rings is 1. The number of ether oxygens (including phenoxy) is 1. The summed E-state index contributed by atoms with van der Waals surface area (Å²) < 4.78 is 85.2. The SMILES string of the molecule is O=C(O)C[C@@H](O)c1cccc(OCC2CCCN(Cc3cc(C(F)(F)F)ccc3C(F)(F)F)C2)c1. The van der Waals surface area contributed by atoms with Gasteiger partial charge in [-0.15, -0.1) is 0 Å². The number of hydrogen-bond donors (Lipinski definition) is 2. The molecule has 0 aromatic heterocycles. The molecule has 192 valence electrons. The number of benzene rings is 2. The van der Waals surface area contributed by atoms with E-state index in [4.69, 9.17) is 9.84 Å². The van der Waals surface area contributed by atoms with Crippen molar-refractivity contribution in [3.63, 3.8) is 0 Å². The van der Waals surface area contributed by atoms with E-state index in [0.717, 1.165) is 6.42 Å². The maximum absolute atomic E-state index is 13.4. The van der Waals surface area contributed by atoms with Crippen molar-refractivity contribution in [3.05, 3.63) is 64.7 Å². The summed E-state index contributed by atoms with van der Waals surface area (Å²) in [6.45, 7) is 0.728. The molecule has 0 radical (unpaired) electrons. The van der Waals surface area contributed by atoms with Gasteiger partial charge in [0.25, 0.3) is 0 Å². The van der Waals surface area contributed by atoms with Crippen molar-refractivity contribution in [2.45, 2.75) is 44.3 Å². The Morgan fingerprint density at radius 1 is 1.09 bits per heavy atom. The molecule has 1 aliphatic rings. The molecule has 1 fully saturated rings. The van der Waals surface area contributed by atoms with E-state index in [9.17, 15) is 36.2 Å². The highest BCUT2D eigenvalue weighted by Gasteiger charge is 2.37. The molecule has 35 heavy (non-hydrogen) atoms. The monoisotopic (exact) mass is 505 g/mol. The first-order valence-electron chi connectivity index (χ1n) is 10.9. The number of hydrogen-bond acceptors (Lipinski definition) is 4. The Morgan fingerprint density at radius 3 is 2.49 bits per heavy atom. The van der Waals surface area contributed by atoms with Crippen molar-refractivity contribution in [2.24, 2.45) is 5.92 Å². The van der Waals surface area contributed by atoms with Gasteiger partial charge in [0, 0.05) is 19.0 Å². The largest absolute Gasteiger partial charge is 0.493 e. The molecular weight excluding hydrogens is 480 g/mol. The molecular formula is C24H25F6NO4. The Hall–Kier alpha value is -2.79. The molecule has 0 saturated carbocycles. The first-order valence-corrected chi connectivity index (χ1v) is 10.9. The number of nitrogens with zero attached hydrogens (tertiary/aromatic N) is 1. The summed E-state index contributed by atoms with van der Waals surface area (Å²) in [6.07, 6.45) is -9.80. The van der Waals surface area contributed by atoms with Crippen LogP contribution in [-0.4, -0.2) is 40.8 Å². The van der Waals surface area contributed by atoms with E-state index in [1.165, 1.54) is 6.07 Å². The van der Waals surface area contributed by atoms with Crippen molar-refractivity contribution in [1.82, 2.24) is 4.90 Å². The summed E-state index contributed by atoms with van der Waals surface area (Å²) in [5.41, 5.74) is -2.25. The van der Waals surface area contributed by atoms with Crippen molar-refractivity contribution in [1.29, 1.82) is 0 Å². The van der Waals surface area contributed by atoms with E-state index in [0.29, 0.717) is 49.0 Å². The van der Waals surface area contributed by atoms with Crippen LogP contribution >= 0.6 is 0 Å². The van der Waals surface area contributed by atoms with Crippen LogP contribution < -0.4 is 4.74 Å². The first kappa shape index (κ1) is 26.8. The van der Waals surface area contributed by atoms with Gasteiger partial charge < -0.3 is 14.9 Å².